The lowest BCUT2D eigenvalue weighted by molar-refractivity contribution is -0.252. The van der Waals surface area contributed by atoms with Gasteiger partial charge in [0.2, 0.25) is 0 Å². The summed E-state index contributed by atoms with van der Waals surface area (Å²) in [6.07, 6.45) is 8.28. The largest absolute Gasteiger partial charge is 0.468 e. The fourth-order valence-electron chi connectivity index (χ4n) is 6.07. The van der Waals surface area contributed by atoms with E-state index < -0.39 is 31.7 Å². The molecule has 2 aromatic carbocycles. The highest BCUT2D eigenvalue weighted by molar-refractivity contribution is 6.74. The second-order valence-corrected chi connectivity index (χ2v) is 21.9. The van der Waals surface area contributed by atoms with Crippen LogP contribution in [-0.4, -0.2) is 90.6 Å². The number of aliphatic hydroxyl groups is 1. The minimum atomic E-state index is -1.87. The Balaban J connectivity index is 0.000000284. The summed E-state index contributed by atoms with van der Waals surface area (Å²) in [6, 6.07) is 20.0. The number of hydrogen-bond acceptors (Lipinski definition) is 12. The first-order valence-electron chi connectivity index (χ1n) is 20.5. The van der Waals surface area contributed by atoms with Gasteiger partial charge < -0.3 is 38.0 Å². The van der Waals surface area contributed by atoms with E-state index in [2.05, 4.69) is 90.3 Å². The Hall–Kier alpha value is -4.34. The fourth-order valence-corrected chi connectivity index (χ4v) is 7.43. The van der Waals surface area contributed by atoms with E-state index in [0.717, 1.165) is 45.0 Å². The van der Waals surface area contributed by atoms with Crippen molar-refractivity contribution in [3.63, 3.8) is 0 Å². The van der Waals surface area contributed by atoms with Crippen LogP contribution in [0.5, 0.6) is 0 Å². The molecule has 1 saturated heterocycles. The van der Waals surface area contributed by atoms with Gasteiger partial charge in [0.1, 0.15) is 0 Å². The van der Waals surface area contributed by atoms with Crippen molar-refractivity contribution in [3.05, 3.63) is 95.3 Å². The number of aliphatic hydroxyl groups excluding tert-OH is 1. The molecule has 1 N–H and O–H groups in total. The van der Waals surface area contributed by atoms with Crippen molar-refractivity contribution in [1.82, 2.24) is 9.97 Å². The van der Waals surface area contributed by atoms with E-state index in [4.69, 9.17) is 23.6 Å². The maximum absolute atomic E-state index is 12.1. The van der Waals surface area contributed by atoms with Gasteiger partial charge >= 0.3 is 11.9 Å². The Labute approximate surface area is 363 Å². The van der Waals surface area contributed by atoms with Gasteiger partial charge in [0.15, 0.2) is 8.32 Å². The van der Waals surface area contributed by atoms with Crippen LogP contribution in [0.25, 0.3) is 34.0 Å². The van der Waals surface area contributed by atoms with Gasteiger partial charge in [-0.3, -0.25) is 19.6 Å². The number of hydrogen-bond donors (Lipinski definition) is 1. The summed E-state index contributed by atoms with van der Waals surface area (Å²) in [4.78, 5) is 33.4. The molecule has 4 aromatic rings. The maximum Gasteiger partial charge on any atom is 0.315 e. The molecule has 0 radical (unpaired) electrons. The first kappa shape index (κ1) is 51.0. The van der Waals surface area contributed by atoms with Crippen LogP contribution >= 0.6 is 0 Å². The average Bonchev–Trinajstić information content (AvgIpc) is 3.57. The van der Waals surface area contributed by atoms with Gasteiger partial charge in [0.05, 0.1) is 59.2 Å². The van der Waals surface area contributed by atoms with Gasteiger partial charge in [0, 0.05) is 52.2 Å². The van der Waals surface area contributed by atoms with Gasteiger partial charge in [-0.15, -0.1) is 0 Å². The van der Waals surface area contributed by atoms with E-state index in [-0.39, 0.29) is 23.1 Å². The number of rotatable bonds is 15. The van der Waals surface area contributed by atoms with Crippen molar-refractivity contribution >= 4 is 54.2 Å². The second-order valence-electron chi connectivity index (χ2n) is 17.2. The highest BCUT2D eigenvalue weighted by Crippen LogP contribution is 2.39. The van der Waals surface area contributed by atoms with Crippen LogP contribution in [0, 0.1) is 10.8 Å². The first-order chi connectivity index (χ1) is 28.6. The zero-order valence-corrected chi connectivity index (χ0v) is 39.7. The number of fused-ring (bicyclic) bond motifs is 2. The second kappa shape index (κ2) is 22.7. The highest BCUT2D eigenvalue weighted by atomic mass is 28.4. The van der Waals surface area contributed by atoms with Crippen molar-refractivity contribution in [1.29, 1.82) is 0 Å². The third-order valence-electron chi connectivity index (χ3n) is 11.3. The molecule has 5 rings (SSSR count). The number of benzene rings is 2. The lowest BCUT2D eigenvalue weighted by Gasteiger charge is -2.38. The van der Waals surface area contributed by atoms with Crippen molar-refractivity contribution in [2.24, 2.45) is 10.8 Å². The molecule has 1 aliphatic heterocycles. The molecule has 0 aliphatic carbocycles. The quantitative estimate of drug-likeness (QED) is 0.0690. The number of carbonyl (C=O) groups is 2. The molecular formula is C48H68N2O10Si. The molecule has 12 nitrogen and oxygen atoms in total. The zero-order chi connectivity index (χ0) is 45.6. The summed E-state index contributed by atoms with van der Waals surface area (Å²) in [5.74, 6) is -0.442. The Morgan fingerprint density at radius 1 is 0.852 bits per heavy atom. The number of cyclic esters (lactones) is 1. The number of carbonyl (C=O) groups excluding carboxylic acids is 2. The monoisotopic (exact) mass is 860 g/mol. The summed E-state index contributed by atoms with van der Waals surface area (Å²) in [6.45, 7) is 19.3. The predicted molar refractivity (Wildman–Crippen MR) is 244 cm³/mol. The van der Waals surface area contributed by atoms with Crippen LogP contribution in [0.3, 0.4) is 0 Å². The Bertz CT molecular complexity index is 2100. The Morgan fingerprint density at radius 3 is 1.84 bits per heavy atom. The molecule has 1 aliphatic rings. The molecule has 334 valence electrons. The van der Waals surface area contributed by atoms with E-state index in [1.807, 2.05) is 68.5 Å². The van der Waals surface area contributed by atoms with Crippen molar-refractivity contribution in [2.75, 3.05) is 48.8 Å². The van der Waals surface area contributed by atoms with Crippen LogP contribution in [0.15, 0.2) is 72.8 Å². The molecule has 0 saturated carbocycles. The SMILES string of the molecule is COC(OC)OC.COCCC(C)(/C=C/c1ccc2ccc([C@@H](C)O)nc2c1)C(=O)OC.C[C@@H](O[Si](C)(C)C(C)(C)C)c1ccc2ccc(/C=C/C3(C)CCOC3=O)cc2n1. The van der Waals surface area contributed by atoms with Crippen LogP contribution in [0.1, 0.15) is 96.0 Å². The van der Waals surface area contributed by atoms with E-state index in [1.165, 1.54) is 28.4 Å². The Kier molecular flexibility index (Phi) is 18.9. The highest BCUT2D eigenvalue weighted by Gasteiger charge is 2.39. The van der Waals surface area contributed by atoms with Gasteiger partial charge in [-0.05, 0) is 87.6 Å². The molecule has 3 heterocycles. The molecule has 13 heteroatoms. The first-order valence-corrected chi connectivity index (χ1v) is 23.5. The molecule has 0 amide bonds. The van der Waals surface area contributed by atoms with Crippen molar-refractivity contribution in [2.45, 2.75) is 98.1 Å². The lowest BCUT2D eigenvalue weighted by Crippen LogP contribution is -2.41. The summed E-state index contributed by atoms with van der Waals surface area (Å²) >= 11 is 0. The summed E-state index contributed by atoms with van der Waals surface area (Å²) < 4.78 is 35.5. The summed E-state index contributed by atoms with van der Waals surface area (Å²) in [7, 11) is 5.66. The van der Waals surface area contributed by atoms with Crippen molar-refractivity contribution in [3.8, 4) is 0 Å². The van der Waals surface area contributed by atoms with Gasteiger partial charge in [-0.2, -0.15) is 0 Å². The Morgan fingerprint density at radius 2 is 1.38 bits per heavy atom. The minimum absolute atomic E-state index is 0.0494. The zero-order valence-electron chi connectivity index (χ0n) is 38.7. The molecule has 61 heavy (non-hydrogen) atoms. The minimum Gasteiger partial charge on any atom is -0.468 e. The number of pyridine rings is 2. The third-order valence-corrected chi connectivity index (χ3v) is 15.8. The predicted octanol–water partition coefficient (Wildman–Crippen LogP) is 10.0. The van der Waals surface area contributed by atoms with Crippen molar-refractivity contribution < 1.29 is 47.5 Å². The van der Waals surface area contributed by atoms with E-state index in [0.29, 0.717) is 25.3 Å². The molecule has 4 atom stereocenters. The normalized spacial score (nSPS) is 17.7. The molecule has 0 bridgehead atoms. The maximum atomic E-state index is 12.1. The number of esters is 2. The molecular weight excluding hydrogens is 793 g/mol. The van der Waals surface area contributed by atoms with E-state index in [9.17, 15) is 14.7 Å². The fraction of sp³-hybridized carbons (Fsp3) is 0.500. The van der Waals surface area contributed by atoms with Gasteiger partial charge in [-0.1, -0.05) is 81.5 Å². The van der Waals surface area contributed by atoms with Crippen LogP contribution in [-0.2, 0) is 42.4 Å². The number of methoxy groups -OCH3 is 5. The molecule has 0 spiro atoms. The average molecular weight is 861 g/mol. The van der Waals surface area contributed by atoms with E-state index in [1.54, 1.807) is 14.0 Å². The van der Waals surface area contributed by atoms with Gasteiger partial charge in [-0.25, -0.2) is 0 Å². The topological polar surface area (TPSA) is 145 Å². The lowest BCUT2D eigenvalue weighted by atomic mass is 9.86. The molecule has 2 aromatic heterocycles. The summed E-state index contributed by atoms with van der Waals surface area (Å²) in [5.41, 5.74) is 4.00. The summed E-state index contributed by atoms with van der Waals surface area (Å²) in [5, 5.41) is 11.9. The number of ether oxygens (including phenoxy) is 6. The number of nitrogens with zero attached hydrogens (tertiary/aromatic N) is 2. The smallest absolute Gasteiger partial charge is 0.315 e. The third kappa shape index (κ3) is 14.4. The van der Waals surface area contributed by atoms with Crippen LogP contribution in [0.4, 0.5) is 0 Å². The van der Waals surface area contributed by atoms with Crippen LogP contribution < -0.4 is 0 Å². The molecule has 1 fully saturated rings. The number of aromatic nitrogens is 2. The molecule has 2 unspecified atom stereocenters. The van der Waals surface area contributed by atoms with E-state index >= 15 is 0 Å². The standard InChI is InChI=1S/C24H33NO3Si.C20H25NO4.C4H10O3/c1-17(28-29(6,7)23(2,3)4)20-11-10-19-9-8-18(16-21(19)25-20)12-13-24(5)14-15-27-22(24)26;1-14(22)17-8-7-16-6-5-15(13-18(16)21-17)9-10-20(2,11-12-24-3)19(23)25-4;1-5-4(6-2)7-3/h8-13,16-17H,14-15H2,1-7H3;5-10,13-14,22H,11-12H2,1-4H3;4H,1-3H3/b13-12+;10-9+;/t17-,24?;14-,20?;/m11./s1. The van der Waals surface area contributed by atoms with Crippen LogP contribution in [0.2, 0.25) is 18.1 Å². The van der Waals surface area contributed by atoms with Gasteiger partial charge in [0.25, 0.3) is 6.48 Å².